The first-order chi connectivity index (χ1) is 8.72. The van der Waals surface area contributed by atoms with Crippen molar-refractivity contribution >= 4 is 0 Å². The Kier molecular flexibility index (Phi) is 6.38. The summed E-state index contributed by atoms with van der Waals surface area (Å²) in [5.74, 6) is 0. The van der Waals surface area contributed by atoms with Crippen LogP contribution in [0.25, 0.3) is 0 Å². The largest absolute Gasteiger partial charge is 0.296 e. The van der Waals surface area contributed by atoms with E-state index in [1.165, 1.54) is 12.8 Å². The number of hydrogen-bond donors (Lipinski definition) is 0. The molecule has 1 aromatic rings. The Bertz CT molecular complexity index is 395. The molecule has 1 unspecified atom stereocenters. The Morgan fingerprint density at radius 3 is 2.83 bits per heavy atom. The normalized spacial score (nSPS) is 12.4. The van der Waals surface area contributed by atoms with Crippen LogP contribution in [0.3, 0.4) is 0 Å². The first kappa shape index (κ1) is 14.7. The van der Waals surface area contributed by atoms with Gasteiger partial charge in [-0.2, -0.15) is 5.26 Å². The highest BCUT2D eigenvalue weighted by Crippen LogP contribution is 2.13. The lowest BCUT2D eigenvalue weighted by Crippen LogP contribution is -2.33. The minimum absolute atomic E-state index is 0.545. The standard InChI is InChI=1S/C15H23N3/c1-4-6-10-18(13(3)5-2)12-14-8-7-9-17-15(14)11-16/h7-9,13H,4-6,10,12H2,1-3H3. The van der Waals surface area contributed by atoms with Gasteiger partial charge in [-0.15, -0.1) is 0 Å². The molecule has 0 N–H and O–H groups in total. The highest BCUT2D eigenvalue weighted by molar-refractivity contribution is 5.30. The number of nitriles is 1. The highest BCUT2D eigenvalue weighted by atomic mass is 15.1. The van der Waals surface area contributed by atoms with Crippen LogP contribution in [0.15, 0.2) is 18.3 Å². The van der Waals surface area contributed by atoms with E-state index in [0.29, 0.717) is 11.7 Å². The Labute approximate surface area is 110 Å². The summed E-state index contributed by atoms with van der Waals surface area (Å²) in [7, 11) is 0. The summed E-state index contributed by atoms with van der Waals surface area (Å²) >= 11 is 0. The van der Waals surface area contributed by atoms with E-state index in [2.05, 4.69) is 36.7 Å². The van der Waals surface area contributed by atoms with Gasteiger partial charge in [-0.1, -0.05) is 26.3 Å². The van der Waals surface area contributed by atoms with Crippen molar-refractivity contribution in [2.24, 2.45) is 0 Å². The zero-order valence-electron chi connectivity index (χ0n) is 11.7. The molecule has 0 aliphatic carbocycles. The maximum atomic E-state index is 9.07. The van der Waals surface area contributed by atoms with Gasteiger partial charge in [0.1, 0.15) is 11.8 Å². The summed E-state index contributed by atoms with van der Waals surface area (Å²) in [6, 6.07) is 6.64. The van der Waals surface area contributed by atoms with Crippen molar-refractivity contribution in [3.63, 3.8) is 0 Å². The molecular formula is C15H23N3. The van der Waals surface area contributed by atoms with Gasteiger partial charge in [0.25, 0.3) is 0 Å². The lowest BCUT2D eigenvalue weighted by molar-refractivity contribution is 0.192. The summed E-state index contributed by atoms with van der Waals surface area (Å²) in [5, 5.41) is 9.07. The van der Waals surface area contributed by atoms with Crippen LogP contribution in [0.1, 0.15) is 51.3 Å². The molecule has 1 heterocycles. The Hall–Kier alpha value is -1.40. The van der Waals surface area contributed by atoms with Crippen molar-refractivity contribution in [1.82, 2.24) is 9.88 Å². The average Bonchev–Trinajstić information content (AvgIpc) is 2.42. The van der Waals surface area contributed by atoms with Gasteiger partial charge < -0.3 is 0 Å². The van der Waals surface area contributed by atoms with E-state index >= 15 is 0 Å². The van der Waals surface area contributed by atoms with Gasteiger partial charge in [0.15, 0.2) is 0 Å². The lowest BCUT2D eigenvalue weighted by atomic mass is 10.1. The molecule has 98 valence electrons. The number of hydrogen-bond acceptors (Lipinski definition) is 3. The molecule has 18 heavy (non-hydrogen) atoms. The van der Waals surface area contributed by atoms with Gasteiger partial charge in [-0.05, 0) is 32.4 Å². The van der Waals surface area contributed by atoms with E-state index in [0.717, 1.165) is 25.1 Å². The first-order valence-electron chi connectivity index (χ1n) is 6.80. The third kappa shape index (κ3) is 4.12. The quantitative estimate of drug-likeness (QED) is 0.739. The van der Waals surface area contributed by atoms with Crippen molar-refractivity contribution in [1.29, 1.82) is 5.26 Å². The van der Waals surface area contributed by atoms with Crippen LogP contribution in [0.2, 0.25) is 0 Å². The average molecular weight is 245 g/mol. The lowest BCUT2D eigenvalue weighted by Gasteiger charge is -2.28. The summed E-state index contributed by atoms with van der Waals surface area (Å²) in [6.45, 7) is 8.58. The second-order valence-electron chi connectivity index (χ2n) is 4.70. The van der Waals surface area contributed by atoms with Crippen LogP contribution >= 0.6 is 0 Å². The highest BCUT2D eigenvalue weighted by Gasteiger charge is 2.14. The van der Waals surface area contributed by atoms with Gasteiger partial charge in [-0.3, -0.25) is 4.90 Å². The minimum Gasteiger partial charge on any atom is -0.296 e. The van der Waals surface area contributed by atoms with E-state index in [4.69, 9.17) is 5.26 Å². The summed E-state index contributed by atoms with van der Waals surface area (Å²) in [4.78, 5) is 6.57. The minimum atomic E-state index is 0.545. The van der Waals surface area contributed by atoms with Crippen molar-refractivity contribution in [3.8, 4) is 6.07 Å². The molecule has 0 radical (unpaired) electrons. The van der Waals surface area contributed by atoms with Crippen molar-refractivity contribution < 1.29 is 0 Å². The van der Waals surface area contributed by atoms with E-state index in [-0.39, 0.29) is 0 Å². The van der Waals surface area contributed by atoms with Gasteiger partial charge in [0, 0.05) is 24.3 Å². The summed E-state index contributed by atoms with van der Waals surface area (Å²) < 4.78 is 0. The number of nitrogens with zero attached hydrogens (tertiary/aromatic N) is 3. The molecule has 1 rings (SSSR count). The molecule has 0 amide bonds. The van der Waals surface area contributed by atoms with Crippen LogP contribution in [-0.4, -0.2) is 22.5 Å². The zero-order valence-corrected chi connectivity index (χ0v) is 11.7. The maximum absolute atomic E-state index is 9.07. The first-order valence-corrected chi connectivity index (χ1v) is 6.80. The molecule has 0 bridgehead atoms. The Balaban J connectivity index is 2.79. The van der Waals surface area contributed by atoms with Crippen molar-refractivity contribution in [2.45, 2.75) is 52.6 Å². The monoisotopic (exact) mass is 245 g/mol. The van der Waals surface area contributed by atoms with E-state index in [1.807, 2.05) is 12.1 Å². The molecule has 3 heteroatoms. The molecule has 1 aromatic heterocycles. The number of unbranched alkanes of at least 4 members (excludes halogenated alkanes) is 1. The molecule has 1 atom stereocenters. The van der Waals surface area contributed by atoms with Crippen molar-refractivity contribution in [2.75, 3.05) is 6.54 Å². The van der Waals surface area contributed by atoms with Crippen molar-refractivity contribution in [3.05, 3.63) is 29.6 Å². The maximum Gasteiger partial charge on any atom is 0.144 e. The molecule has 0 spiro atoms. The molecule has 0 saturated carbocycles. The van der Waals surface area contributed by atoms with Gasteiger partial charge in [0.2, 0.25) is 0 Å². The van der Waals surface area contributed by atoms with E-state index in [1.54, 1.807) is 6.20 Å². The summed E-state index contributed by atoms with van der Waals surface area (Å²) in [6.07, 6.45) is 5.21. The van der Waals surface area contributed by atoms with Gasteiger partial charge >= 0.3 is 0 Å². The smallest absolute Gasteiger partial charge is 0.144 e. The third-order valence-corrected chi connectivity index (χ3v) is 3.38. The molecule has 0 fully saturated rings. The summed E-state index contributed by atoms with van der Waals surface area (Å²) in [5.41, 5.74) is 1.60. The predicted molar refractivity (Wildman–Crippen MR) is 74.0 cm³/mol. The fourth-order valence-electron chi connectivity index (χ4n) is 1.96. The molecular weight excluding hydrogens is 222 g/mol. The second-order valence-corrected chi connectivity index (χ2v) is 4.70. The molecule has 0 aliphatic heterocycles. The predicted octanol–water partition coefficient (Wildman–Crippen LogP) is 3.35. The number of pyridine rings is 1. The fourth-order valence-corrected chi connectivity index (χ4v) is 1.96. The van der Waals surface area contributed by atoms with Crippen LogP contribution in [-0.2, 0) is 6.54 Å². The van der Waals surface area contributed by atoms with E-state index in [9.17, 15) is 0 Å². The van der Waals surface area contributed by atoms with Gasteiger partial charge in [-0.25, -0.2) is 4.98 Å². The fraction of sp³-hybridized carbons (Fsp3) is 0.600. The Morgan fingerprint density at radius 2 is 2.22 bits per heavy atom. The third-order valence-electron chi connectivity index (χ3n) is 3.38. The second kappa shape index (κ2) is 7.84. The SMILES string of the molecule is CCCCN(Cc1cccnc1C#N)C(C)CC. The topological polar surface area (TPSA) is 39.9 Å². The molecule has 0 saturated heterocycles. The van der Waals surface area contributed by atoms with Crippen LogP contribution in [0, 0.1) is 11.3 Å². The van der Waals surface area contributed by atoms with Crippen LogP contribution in [0.5, 0.6) is 0 Å². The van der Waals surface area contributed by atoms with Crippen LogP contribution in [0.4, 0.5) is 0 Å². The molecule has 0 aliphatic rings. The zero-order chi connectivity index (χ0) is 13.4. The molecule has 3 nitrogen and oxygen atoms in total. The van der Waals surface area contributed by atoms with E-state index < -0.39 is 0 Å². The number of aromatic nitrogens is 1. The van der Waals surface area contributed by atoms with Crippen LogP contribution < -0.4 is 0 Å². The van der Waals surface area contributed by atoms with Gasteiger partial charge in [0.05, 0.1) is 0 Å². The molecule has 0 aromatic carbocycles. The number of rotatable bonds is 7. The Morgan fingerprint density at radius 1 is 1.44 bits per heavy atom.